The Bertz CT molecular complexity index is 295. The Balaban J connectivity index is 2.20. The summed E-state index contributed by atoms with van der Waals surface area (Å²) >= 11 is 0. The topological polar surface area (TPSA) is 20.2 Å². The van der Waals surface area contributed by atoms with E-state index in [2.05, 4.69) is 12.2 Å². The van der Waals surface area contributed by atoms with Crippen LogP contribution in [0.2, 0.25) is 0 Å². The lowest BCUT2D eigenvalue weighted by molar-refractivity contribution is 0.134. The van der Waals surface area contributed by atoms with Gasteiger partial charge in [0.05, 0.1) is 0 Å². The van der Waals surface area contributed by atoms with Gasteiger partial charge in [0.1, 0.15) is 5.60 Å². The second-order valence-electron chi connectivity index (χ2n) is 3.72. The second kappa shape index (κ2) is 3.00. The minimum atomic E-state index is -0.743. The summed E-state index contributed by atoms with van der Waals surface area (Å²) in [6.07, 6.45) is 14.0. The molecule has 1 heteroatoms. The van der Waals surface area contributed by atoms with Crippen LogP contribution in [0, 0.1) is 0 Å². The molecule has 0 saturated carbocycles. The largest absolute Gasteiger partial charge is 0.381 e. The van der Waals surface area contributed by atoms with Crippen LogP contribution in [0.25, 0.3) is 0 Å². The molecule has 0 spiro atoms. The zero-order valence-corrected chi connectivity index (χ0v) is 7.83. The van der Waals surface area contributed by atoms with E-state index in [1.165, 1.54) is 0 Å². The maximum atomic E-state index is 10.3. The van der Waals surface area contributed by atoms with Crippen LogP contribution in [-0.2, 0) is 0 Å². The zero-order valence-electron chi connectivity index (χ0n) is 7.83. The van der Waals surface area contributed by atoms with Crippen LogP contribution in [0.15, 0.2) is 47.6 Å². The third-order valence-corrected chi connectivity index (χ3v) is 2.79. The third kappa shape index (κ3) is 1.40. The van der Waals surface area contributed by atoms with E-state index < -0.39 is 5.60 Å². The van der Waals surface area contributed by atoms with Crippen molar-refractivity contribution in [1.29, 1.82) is 0 Å². The van der Waals surface area contributed by atoms with Crippen molar-refractivity contribution in [1.82, 2.24) is 0 Å². The summed E-state index contributed by atoms with van der Waals surface area (Å²) in [6, 6.07) is 0. The molecule has 1 N–H and O–H groups in total. The van der Waals surface area contributed by atoms with E-state index in [1.54, 1.807) is 0 Å². The average molecular weight is 174 g/mol. The molecule has 0 amide bonds. The van der Waals surface area contributed by atoms with E-state index in [0.717, 1.165) is 24.0 Å². The van der Waals surface area contributed by atoms with Gasteiger partial charge in [-0.05, 0) is 30.9 Å². The van der Waals surface area contributed by atoms with Gasteiger partial charge in [-0.1, -0.05) is 36.5 Å². The fraction of sp³-hybridized carbons (Fsp3) is 0.333. The molecule has 0 unspecified atom stereocenters. The van der Waals surface area contributed by atoms with Crippen molar-refractivity contribution >= 4 is 0 Å². The molecule has 0 bridgehead atoms. The summed E-state index contributed by atoms with van der Waals surface area (Å²) in [5, 5.41) is 10.3. The summed E-state index contributed by atoms with van der Waals surface area (Å²) in [5.74, 6) is 0. The lowest BCUT2D eigenvalue weighted by atomic mass is 9.86. The van der Waals surface area contributed by atoms with Crippen LogP contribution in [0.4, 0.5) is 0 Å². The first kappa shape index (κ1) is 8.52. The van der Waals surface area contributed by atoms with Gasteiger partial charge in [0.25, 0.3) is 0 Å². The van der Waals surface area contributed by atoms with E-state index in [4.69, 9.17) is 0 Å². The Hall–Kier alpha value is -1.08. The molecule has 0 aromatic carbocycles. The molecule has 0 aromatic rings. The lowest BCUT2D eigenvalue weighted by Crippen LogP contribution is -2.28. The average Bonchev–Trinajstić information content (AvgIpc) is 2.78. The normalized spacial score (nSPS) is 20.8. The van der Waals surface area contributed by atoms with Gasteiger partial charge in [0.2, 0.25) is 0 Å². The molecular weight excluding hydrogens is 160 g/mol. The smallest absolute Gasteiger partial charge is 0.105 e. The molecule has 2 aliphatic carbocycles. The van der Waals surface area contributed by atoms with Gasteiger partial charge < -0.3 is 5.11 Å². The first-order chi connectivity index (χ1) is 6.21. The maximum Gasteiger partial charge on any atom is 0.105 e. The van der Waals surface area contributed by atoms with E-state index in [0.29, 0.717) is 0 Å². The van der Waals surface area contributed by atoms with Gasteiger partial charge in [-0.15, -0.1) is 0 Å². The number of allylic oxidation sites excluding steroid dienone is 6. The fourth-order valence-corrected chi connectivity index (χ4v) is 1.82. The van der Waals surface area contributed by atoms with Crippen LogP contribution in [0.5, 0.6) is 0 Å². The first-order valence-corrected chi connectivity index (χ1v) is 4.66. The minimum absolute atomic E-state index is 0.743. The molecule has 13 heavy (non-hydrogen) atoms. The van der Waals surface area contributed by atoms with Crippen molar-refractivity contribution in [2.24, 2.45) is 0 Å². The highest BCUT2D eigenvalue weighted by Crippen LogP contribution is 2.34. The van der Waals surface area contributed by atoms with Crippen molar-refractivity contribution in [3.8, 4) is 0 Å². The lowest BCUT2D eigenvalue weighted by Gasteiger charge is -2.26. The number of aliphatic hydroxyl groups is 1. The monoisotopic (exact) mass is 174 g/mol. The summed E-state index contributed by atoms with van der Waals surface area (Å²) in [4.78, 5) is 0. The van der Waals surface area contributed by atoms with Gasteiger partial charge in [0.15, 0.2) is 0 Å². The molecule has 0 aliphatic heterocycles. The molecule has 2 rings (SSSR count). The van der Waals surface area contributed by atoms with Crippen LogP contribution in [0.3, 0.4) is 0 Å². The molecule has 2 aliphatic rings. The van der Waals surface area contributed by atoms with Crippen molar-refractivity contribution < 1.29 is 5.11 Å². The second-order valence-corrected chi connectivity index (χ2v) is 3.72. The van der Waals surface area contributed by atoms with Crippen LogP contribution >= 0.6 is 0 Å². The summed E-state index contributed by atoms with van der Waals surface area (Å²) < 4.78 is 0. The minimum Gasteiger partial charge on any atom is -0.381 e. The molecule has 1 nitrogen and oxygen atoms in total. The summed E-state index contributed by atoms with van der Waals surface area (Å²) in [5.41, 5.74) is 1.46. The van der Waals surface area contributed by atoms with Crippen LogP contribution < -0.4 is 0 Å². The molecule has 0 heterocycles. The molecule has 68 valence electrons. The van der Waals surface area contributed by atoms with E-state index in [1.807, 2.05) is 31.2 Å². The van der Waals surface area contributed by atoms with Crippen molar-refractivity contribution in [2.75, 3.05) is 0 Å². The number of hydrogen-bond acceptors (Lipinski definition) is 1. The van der Waals surface area contributed by atoms with Gasteiger partial charge in [0, 0.05) is 0 Å². The number of hydrogen-bond donors (Lipinski definition) is 1. The van der Waals surface area contributed by atoms with Crippen LogP contribution in [0.1, 0.15) is 19.8 Å². The highest BCUT2D eigenvalue weighted by molar-refractivity contribution is 5.42. The molecule has 0 aromatic heterocycles. The first-order valence-electron chi connectivity index (χ1n) is 4.66. The fourth-order valence-electron chi connectivity index (χ4n) is 1.82. The Morgan fingerprint density at radius 2 is 1.54 bits per heavy atom. The Labute approximate surface area is 78.8 Å². The van der Waals surface area contributed by atoms with E-state index >= 15 is 0 Å². The van der Waals surface area contributed by atoms with E-state index in [9.17, 15) is 5.11 Å². The van der Waals surface area contributed by atoms with E-state index in [-0.39, 0.29) is 0 Å². The maximum absolute atomic E-state index is 10.3. The summed E-state index contributed by atoms with van der Waals surface area (Å²) in [7, 11) is 0. The quantitative estimate of drug-likeness (QED) is 0.682. The zero-order chi connectivity index (χ0) is 9.31. The molecule has 0 fully saturated rings. The molecular formula is C12H14O. The standard InChI is InChI=1S/C12H14O/c1-12(13,10-6-2-3-7-10)11-8-4-5-9-11/h2-6,8,13H,7,9H2,1H3. The van der Waals surface area contributed by atoms with Gasteiger partial charge in [-0.25, -0.2) is 0 Å². The van der Waals surface area contributed by atoms with Crippen molar-refractivity contribution in [2.45, 2.75) is 25.4 Å². The highest BCUT2D eigenvalue weighted by atomic mass is 16.3. The summed E-state index contributed by atoms with van der Waals surface area (Å²) in [6.45, 7) is 1.88. The van der Waals surface area contributed by atoms with Gasteiger partial charge >= 0.3 is 0 Å². The predicted molar refractivity (Wildman–Crippen MR) is 54.3 cm³/mol. The Morgan fingerprint density at radius 1 is 1.08 bits per heavy atom. The van der Waals surface area contributed by atoms with Crippen molar-refractivity contribution in [3.63, 3.8) is 0 Å². The van der Waals surface area contributed by atoms with Crippen molar-refractivity contribution in [3.05, 3.63) is 47.6 Å². The van der Waals surface area contributed by atoms with Crippen LogP contribution in [-0.4, -0.2) is 10.7 Å². The SMILES string of the molecule is CC(O)(C1=CC=CC1)C1=CC=CC1. The predicted octanol–water partition coefficient (Wildman–Crippen LogP) is 2.51. The molecule has 0 atom stereocenters. The van der Waals surface area contributed by atoms with Gasteiger partial charge in [-0.2, -0.15) is 0 Å². The highest BCUT2D eigenvalue weighted by Gasteiger charge is 2.30. The molecule has 0 radical (unpaired) electrons. The van der Waals surface area contributed by atoms with Gasteiger partial charge in [-0.3, -0.25) is 0 Å². The Morgan fingerprint density at radius 3 is 1.85 bits per heavy atom. The Kier molecular flexibility index (Phi) is 1.97. The molecule has 0 saturated heterocycles. The number of rotatable bonds is 2. The third-order valence-electron chi connectivity index (χ3n) is 2.79.